The number of allylic oxidation sites excluding steroid dienone is 4. The van der Waals surface area contributed by atoms with Gasteiger partial charge in [-0.05, 0) is 19.1 Å². The van der Waals surface area contributed by atoms with E-state index in [1.807, 2.05) is 0 Å². The van der Waals surface area contributed by atoms with Crippen molar-refractivity contribution in [3.05, 3.63) is 36.1 Å². The fourth-order valence-electron chi connectivity index (χ4n) is 0.709. The number of methoxy groups -OCH3 is 1. The number of hydrogen-bond donors (Lipinski definition) is 0. The highest BCUT2D eigenvalue weighted by Crippen LogP contribution is 2.07. The van der Waals surface area contributed by atoms with E-state index in [4.69, 9.17) is 4.74 Å². The number of carbonyl (C=O) groups is 1. The molecule has 0 aromatic heterocycles. The molecule has 0 spiro atoms. The zero-order chi connectivity index (χ0) is 8.69. The summed E-state index contributed by atoms with van der Waals surface area (Å²) in [5, 5.41) is 0. The van der Waals surface area contributed by atoms with Crippen LogP contribution in [0.2, 0.25) is 0 Å². The summed E-state index contributed by atoms with van der Waals surface area (Å²) in [7, 11) is 1.52. The molecular weight excluding hydrogens is 140 g/mol. The van der Waals surface area contributed by atoms with Crippen molar-refractivity contribution in [1.29, 1.82) is 0 Å². The van der Waals surface area contributed by atoms with Crippen molar-refractivity contribution in [3.63, 3.8) is 0 Å². The van der Waals surface area contributed by atoms with E-state index in [1.54, 1.807) is 25.2 Å². The molecule has 0 heterocycles. The Morgan fingerprint density at radius 2 is 2.18 bits per heavy atom. The van der Waals surface area contributed by atoms with Gasteiger partial charge in [0.1, 0.15) is 5.76 Å². The van der Waals surface area contributed by atoms with E-state index in [0.717, 1.165) is 6.29 Å². The smallest absolute Gasteiger partial charge is 0.153 e. The minimum absolute atomic E-state index is 0.505. The third kappa shape index (κ3) is 2.85. The summed E-state index contributed by atoms with van der Waals surface area (Å²) in [4.78, 5) is 10.4. The average Bonchev–Trinajstić information content (AvgIpc) is 2.05. The van der Waals surface area contributed by atoms with Crippen molar-refractivity contribution in [2.24, 2.45) is 0 Å². The van der Waals surface area contributed by atoms with Crippen LogP contribution in [0.5, 0.6) is 0 Å². The molecule has 0 unspecified atom stereocenters. The van der Waals surface area contributed by atoms with Gasteiger partial charge in [-0.25, -0.2) is 0 Å². The zero-order valence-corrected chi connectivity index (χ0v) is 6.83. The number of carbonyl (C=O) groups excluding carboxylic acids is 1. The van der Waals surface area contributed by atoms with Crippen LogP contribution < -0.4 is 0 Å². The van der Waals surface area contributed by atoms with Crippen LogP contribution in [0.25, 0.3) is 0 Å². The average molecular weight is 152 g/mol. The third-order valence-corrected chi connectivity index (χ3v) is 1.19. The first kappa shape index (κ1) is 9.69. The van der Waals surface area contributed by atoms with E-state index in [9.17, 15) is 4.79 Å². The van der Waals surface area contributed by atoms with E-state index < -0.39 is 0 Å². The predicted molar refractivity (Wildman–Crippen MR) is 45.1 cm³/mol. The Kier molecular flexibility index (Phi) is 4.82. The van der Waals surface area contributed by atoms with Crippen LogP contribution in [0.4, 0.5) is 0 Å². The summed E-state index contributed by atoms with van der Waals surface area (Å²) in [6, 6.07) is 0. The van der Waals surface area contributed by atoms with Gasteiger partial charge in [0.15, 0.2) is 6.29 Å². The van der Waals surface area contributed by atoms with Crippen LogP contribution in [0.1, 0.15) is 6.92 Å². The predicted octanol–water partition coefficient (Wildman–Crippen LogP) is 1.85. The zero-order valence-electron chi connectivity index (χ0n) is 6.83. The molecule has 60 valence electrons. The van der Waals surface area contributed by atoms with Crippen LogP contribution in [-0.2, 0) is 9.53 Å². The molecule has 0 fully saturated rings. The van der Waals surface area contributed by atoms with E-state index in [-0.39, 0.29) is 0 Å². The maximum Gasteiger partial charge on any atom is 0.153 e. The molecule has 0 N–H and O–H groups in total. The molecule has 0 atom stereocenters. The lowest BCUT2D eigenvalue weighted by atomic mass is 10.2. The lowest BCUT2D eigenvalue weighted by Gasteiger charge is -2.02. The Hall–Kier alpha value is -1.31. The monoisotopic (exact) mass is 152 g/mol. The molecule has 0 bridgehead atoms. The van der Waals surface area contributed by atoms with Gasteiger partial charge in [-0.3, -0.25) is 4.79 Å². The first-order valence-electron chi connectivity index (χ1n) is 3.28. The lowest BCUT2D eigenvalue weighted by molar-refractivity contribution is -0.104. The van der Waals surface area contributed by atoms with E-state index in [2.05, 4.69) is 6.58 Å². The second-order valence-electron chi connectivity index (χ2n) is 1.83. The molecule has 0 amide bonds. The molecule has 0 aliphatic heterocycles. The van der Waals surface area contributed by atoms with Gasteiger partial charge in [0.05, 0.1) is 12.7 Å². The molecule has 0 aromatic rings. The summed E-state index contributed by atoms with van der Waals surface area (Å²) < 4.78 is 4.92. The van der Waals surface area contributed by atoms with Gasteiger partial charge in [-0.2, -0.15) is 0 Å². The molecule has 2 heteroatoms. The van der Waals surface area contributed by atoms with Crippen molar-refractivity contribution in [2.45, 2.75) is 6.92 Å². The number of hydrogen-bond acceptors (Lipinski definition) is 2. The number of aldehydes is 1. The Balaban J connectivity index is 4.61. The van der Waals surface area contributed by atoms with Gasteiger partial charge in [0, 0.05) is 0 Å². The standard InChI is InChI=1S/C9H12O2/c1-4-6-8(7-10)9(5-2)11-3/h4-7H,1H2,2-3H3/b8-6-,9-5+. The van der Waals surface area contributed by atoms with Gasteiger partial charge < -0.3 is 4.74 Å². The van der Waals surface area contributed by atoms with Crippen LogP contribution in [0.3, 0.4) is 0 Å². The largest absolute Gasteiger partial charge is 0.496 e. The lowest BCUT2D eigenvalue weighted by Crippen LogP contribution is -1.92. The SMILES string of the molecule is C=C/C=C(C=O)\C(=C/C)OC. The van der Waals surface area contributed by atoms with E-state index in [0.29, 0.717) is 11.3 Å². The molecule has 0 aliphatic rings. The van der Waals surface area contributed by atoms with E-state index >= 15 is 0 Å². The number of rotatable bonds is 4. The van der Waals surface area contributed by atoms with Crippen LogP contribution >= 0.6 is 0 Å². The summed E-state index contributed by atoms with van der Waals surface area (Å²) >= 11 is 0. The second kappa shape index (κ2) is 5.47. The van der Waals surface area contributed by atoms with Crippen LogP contribution in [0, 0.1) is 0 Å². The molecule has 0 radical (unpaired) electrons. The Morgan fingerprint density at radius 1 is 1.55 bits per heavy atom. The Labute approximate surface area is 66.9 Å². The normalized spacial score (nSPS) is 12.5. The molecule has 0 saturated carbocycles. The maximum absolute atomic E-state index is 10.4. The van der Waals surface area contributed by atoms with Crippen molar-refractivity contribution < 1.29 is 9.53 Å². The van der Waals surface area contributed by atoms with Crippen LogP contribution in [0.15, 0.2) is 36.1 Å². The highest BCUT2D eigenvalue weighted by atomic mass is 16.5. The Bertz CT molecular complexity index is 200. The number of ether oxygens (including phenoxy) is 1. The van der Waals surface area contributed by atoms with Gasteiger partial charge in [-0.1, -0.05) is 12.7 Å². The van der Waals surface area contributed by atoms with Crippen molar-refractivity contribution in [2.75, 3.05) is 7.11 Å². The molecule has 0 rings (SSSR count). The summed E-state index contributed by atoms with van der Waals surface area (Å²) in [5.41, 5.74) is 0.505. The minimum atomic E-state index is 0.505. The highest BCUT2D eigenvalue weighted by molar-refractivity contribution is 5.79. The maximum atomic E-state index is 10.4. The quantitative estimate of drug-likeness (QED) is 0.266. The molecular formula is C9H12O2. The van der Waals surface area contributed by atoms with Gasteiger partial charge >= 0.3 is 0 Å². The molecule has 11 heavy (non-hydrogen) atoms. The van der Waals surface area contributed by atoms with Crippen molar-refractivity contribution in [1.82, 2.24) is 0 Å². The summed E-state index contributed by atoms with van der Waals surface area (Å²) in [6.45, 7) is 5.29. The summed E-state index contributed by atoms with van der Waals surface area (Å²) in [6.07, 6.45) is 5.61. The molecule has 2 nitrogen and oxygen atoms in total. The minimum Gasteiger partial charge on any atom is -0.496 e. The van der Waals surface area contributed by atoms with Gasteiger partial charge in [-0.15, -0.1) is 0 Å². The third-order valence-electron chi connectivity index (χ3n) is 1.19. The first-order chi connectivity index (χ1) is 5.29. The van der Waals surface area contributed by atoms with Crippen molar-refractivity contribution >= 4 is 6.29 Å². The Morgan fingerprint density at radius 3 is 2.45 bits per heavy atom. The van der Waals surface area contributed by atoms with Crippen molar-refractivity contribution in [3.8, 4) is 0 Å². The first-order valence-corrected chi connectivity index (χ1v) is 3.28. The molecule has 0 saturated heterocycles. The van der Waals surface area contributed by atoms with Gasteiger partial charge in [0.2, 0.25) is 0 Å². The topological polar surface area (TPSA) is 26.3 Å². The fraction of sp³-hybridized carbons (Fsp3) is 0.222. The molecule has 0 aliphatic carbocycles. The highest BCUT2D eigenvalue weighted by Gasteiger charge is 1.99. The second-order valence-corrected chi connectivity index (χ2v) is 1.83. The van der Waals surface area contributed by atoms with Crippen LogP contribution in [-0.4, -0.2) is 13.4 Å². The van der Waals surface area contributed by atoms with E-state index in [1.165, 1.54) is 7.11 Å². The molecule has 0 aromatic carbocycles. The summed E-state index contributed by atoms with van der Waals surface area (Å²) in [5.74, 6) is 0.569. The van der Waals surface area contributed by atoms with Gasteiger partial charge in [0.25, 0.3) is 0 Å². The fourth-order valence-corrected chi connectivity index (χ4v) is 0.709.